The molecule has 1 aromatic carbocycles. The lowest BCUT2D eigenvalue weighted by atomic mass is 9.74. The first-order chi connectivity index (χ1) is 12.8. The van der Waals surface area contributed by atoms with Gasteiger partial charge in [-0.25, -0.2) is 22.4 Å². The van der Waals surface area contributed by atoms with E-state index >= 15 is 0 Å². The maximum atomic E-state index is 14.0. The summed E-state index contributed by atoms with van der Waals surface area (Å²) in [6.45, 7) is 3.44. The first-order valence-electron chi connectivity index (χ1n) is 8.79. The number of ether oxygens (including phenoxy) is 1. The Labute approximate surface area is 154 Å². The number of carbonyl (C=O) groups excluding carboxylic acids is 2. The van der Waals surface area contributed by atoms with Crippen LogP contribution in [0.15, 0.2) is 17.8 Å². The van der Waals surface area contributed by atoms with E-state index in [0.29, 0.717) is 0 Å². The summed E-state index contributed by atoms with van der Waals surface area (Å²) in [5.41, 5.74) is -1.97. The van der Waals surface area contributed by atoms with Crippen molar-refractivity contribution in [3.8, 4) is 0 Å². The van der Waals surface area contributed by atoms with E-state index in [0.717, 1.165) is 38.3 Å². The number of carbonyl (C=O) groups is 2. The zero-order valence-electron chi connectivity index (χ0n) is 15.1. The number of benzene rings is 1. The molecule has 1 fully saturated rings. The summed E-state index contributed by atoms with van der Waals surface area (Å²) < 4.78 is 58.8. The summed E-state index contributed by atoms with van der Waals surface area (Å²) in [5, 5.41) is 3.02. The van der Waals surface area contributed by atoms with Gasteiger partial charge in [0.15, 0.2) is 23.3 Å². The molecule has 0 radical (unpaired) electrons. The Morgan fingerprint density at radius 3 is 2.33 bits per heavy atom. The topological polar surface area (TPSA) is 55.4 Å². The van der Waals surface area contributed by atoms with Crippen molar-refractivity contribution < 1.29 is 31.9 Å². The third-order valence-corrected chi connectivity index (χ3v) is 4.65. The molecule has 0 amide bonds. The standard InChI is InChI=1S/C19H21F4NO3/c1-3-6-19(7-5-8-19)24-10-12(18(26)27-4-2)17(25)11-9-13(20)15(22)16(23)14(11)21/h9-10,24H,3-8H2,1-2H3. The minimum atomic E-state index is -2.11. The number of Topliss-reactive ketones (excluding diaryl/α,β-unsaturated/α-hetero) is 1. The van der Waals surface area contributed by atoms with Gasteiger partial charge in [0, 0.05) is 11.7 Å². The van der Waals surface area contributed by atoms with Crippen LogP contribution in [-0.4, -0.2) is 23.9 Å². The van der Waals surface area contributed by atoms with Crippen LogP contribution in [0, 0.1) is 23.3 Å². The van der Waals surface area contributed by atoms with Crippen LogP contribution < -0.4 is 5.32 Å². The van der Waals surface area contributed by atoms with Crippen LogP contribution in [0.3, 0.4) is 0 Å². The average Bonchev–Trinajstić information content (AvgIpc) is 2.60. The number of nitrogens with one attached hydrogen (secondary N) is 1. The lowest BCUT2D eigenvalue weighted by molar-refractivity contribution is -0.138. The molecule has 0 aromatic heterocycles. The fourth-order valence-electron chi connectivity index (χ4n) is 3.08. The number of ketones is 1. The van der Waals surface area contributed by atoms with E-state index in [2.05, 4.69) is 5.32 Å². The van der Waals surface area contributed by atoms with Gasteiger partial charge in [0.2, 0.25) is 5.78 Å². The summed E-state index contributed by atoms with van der Waals surface area (Å²) in [6, 6.07) is 0.230. The highest BCUT2D eigenvalue weighted by Crippen LogP contribution is 2.36. The van der Waals surface area contributed by atoms with Crippen molar-refractivity contribution in [3.63, 3.8) is 0 Å². The summed E-state index contributed by atoms with van der Waals surface area (Å²) in [4.78, 5) is 24.7. The minimum Gasteiger partial charge on any atom is -0.462 e. The number of rotatable bonds is 8. The molecule has 8 heteroatoms. The largest absolute Gasteiger partial charge is 0.462 e. The lowest BCUT2D eigenvalue weighted by Crippen LogP contribution is -2.48. The highest BCUT2D eigenvalue weighted by Gasteiger charge is 2.36. The molecule has 1 N–H and O–H groups in total. The zero-order valence-corrected chi connectivity index (χ0v) is 15.1. The molecule has 148 valence electrons. The Kier molecular flexibility index (Phi) is 6.62. The highest BCUT2D eigenvalue weighted by atomic mass is 19.2. The average molecular weight is 387 g/mol. The third-order valence-electron chi connectivity index (χ3n) is 4.65. The smallest absolute Gasteiger partial charge is 0.343 e. The van der Waals surface area contributed by atoms with Gasteiger partial charge in [-0.05, 0) is 38.7 Å². The Balaban J connectivity index is 2.41. The van der Waals surface area contributed by atoms with Gasteiger partial charge in [-0.1, -0.05) is 13.3 Å². The van der Waals surface area contributed by atoms with E-state index < -0.39 is 46.2 Å². The summed E-state index contributed by atoms with van der Waals surface area (Å²) >= 11 is 0. The Hall–Kier alpha value is -2.38. The zero-order chi connectivity index (χ0) is 20.2. The molecule has 27 heavy (non-hydrogen) atoms. The third kappa shape index (κ3) is 4.31. The number of hydrogen-bond donors (Lipinski definition) is 1. The van der Waals surface area contributed by atoms with Crippen molar-refractivity contribution >= 4 is 11.8 Å². The molecule has 0 bridgehead atoms. The number of hydrogen-bond acceptors (Lipinski definition) is 4. The van der Waals surface area contributed by atoms with Gasteiger partial charge >= 0.3 is 5.97 Å². The van der Waals surface area contributed by atoms with E-state index in [9.17, 15) is 27.2 Å². The van der Waals surface area contributed by atoms with Crippen molar-refractivity contribution in [1.82, 2.24) is 5.32 Å². The van der Waals surface area contributed by atoms with Gasteiger partial charge in [-0.2, -0.15) is 0 Å². The second kappa shape index (κ2) is 8.54. The van der Waals surface area contributed by atoms with E-state index in [4.69, 9.17) is 4.74 Å². The van der Waals surface area contributed by atoms with Gasteiger partial charge in [0.1, 0.15) is 5.57 Å². The fourth-order valence-corrected chi connectivity index (χ4v) is 3.08. The van der Waals surface area contributed by atoms with Gasteiger partial charge in [0.05, 0.1) is 12.2 Å². The predicted molar refractivity (Wildman–Crippen MR) is 89.9 cm³/mol. The van der Waals surface area contributed by atoms with Crippen LogP contribution >= 0.6 is 0 Å². The predicted octanol–water partition coefficient (Wildman–Crippen LogP) is 4.19. The van der Waals surface area contributed by atoms with E-state index in [1.165, 1.54) is 6.92 Å². The van der Waals surface area contributed by atoms with Crippen LogP contribution in [-0.2, 0) is 9.53 Å². The van der Waals surface area contributed by atoms with Gasteiger partial charge < -0.3 is 10.1 Å². The molecule has 0 atom stereocenters. The molecule has 0 heterocycles. The van der Waals surface area contributed by atoms with Crippen molar-refractivity contribution in [1.29, 1.82) is 0 Å². The van der Waals surface area contributed by atoms with E-state index in [1.54, 1.807) is 0 Å². The molecule has 0 aliphatic heterocycles. The maximum absolute atomic E-state index is 14.0. The summed E-state index contributed by atoms with van der Waals surface area (Å²) in [6.07, 6.45) is 5.40. The van der Waals surface area contributed by atoms with Crippen molar-refractivity contribution in [2.24, 2.45) is 0 Å². The fraction of sp³-hybridized carbons (Fsp3) is 0.474. The molecular formula is C19H21F4NO3. The molecular weight excluding hydrogens is 366 g/mol. The van der Waals surface area contributed by atoms with Crippen LogP contribution in [0.25, 0.3) is 0 Å². The molecule has 0 spiro atoms. The van der Waals surface area contributed by atoms with Crippen LogP contribution in [0.2, 0.25) is 0 Å². The van der Waals surface area contributed by atoms with Crippen LogP contribution in [0.4, 0.5) is 17.6 Å². The summed E-state index contributed by atoms with van der Waals surface area (Å²) in [5.74, 6) is -10.1. The molecule has 4 nitrogen and oxygen atoms in total. The van der Waals surface area contributed by atoms with Gasteiger partial charge in [-0.15, -0.1) is 0 Å². The highest BCUT2D eigenvalue weighted by molar-refractivity contribution is 6.24. The molecule has 1 aliphatic carbocycles. The first kappa shape index (κ1) is 20.9. The minimum absolute atomic E-state index is 0.0574. The van der Waals surface area contributed by atoms with Crippen molar-refractivity contribution in [2.75, 3.05) is 6.61 Å². The first-order valence-corrected chi connectivity index (χ1v) is 8.79. The molecule has 0 saturated heterocycles. The quantitative estimate of drug-likeness (QED) is 0.106. The Morgan fingerprint density at radius 1 is 1.15 bits per heavy atom. The molecule has 1 aliphatic rings. The Morgan fingerprint density at radius 2 is 1.81 bits per heavy atom. The molecule has 1 saturated carbocycles. The monoisotopic (exact) mass is 387 g/mol. The van der Waals surface area contributed by atoms with Crippen LogP contribution in [0.1, 0.15) is 56.3 Å². The SMILES string of the molecule is CCCC1(NC=C(C(=O)OCC)C(=O)c2cc(F)c(F)c(F)c2F)CCC1. The van der Waals surface area contributed by atoms with Crippen molar-refractivity contribution in [2.45, 2.75) is 51.5 Å². The number of esters is 1. The van der Waals surface area contributed by atoms with E-state index in [-0.39, 0.29) is 18.2 Å². The number of halogens is 4. The lowest BCUT2D eigenvalue weighted by Gasteiger charge is -2.42. The molecule has 2 rings (SSSR count). The second-order valence-corrected chi connectivity index (χ2v) is 6.48. The molecule has 1 aromatic rings. The van der Waals surface area contributed by atoms with Gasteiger partial charge in [0.25, 0.3) is 0 Å². The normalized spacial score (nSPS) is 15.9. The second-order valence-electron chi connectivity index (χ2n) is 6.48. The van der Waals surface area contributed by atoms with Crippen molar-refractivity contribution in [3.05, 3.63) is 46.7 Å². The maximum Gasteiger partial charge on any atom is 0.343 e. The van der Waals surface area contributed by atoms with Crippen LogP contribution in [0.5, 0.6) is 0 Å². The summed E-state index contributed by atoms with van der Waals surface area (Å²) in [7, 11) is 0. The van der Waals surface area contributed by atoms with E-state index in [1.807, 2.05) is 6.92 Å². The Bertz CT molecular complexity index is 773. The van der Waals surface area contributed by atoms with Gasteiger partial charge in [-0.3, -0.25) is 4.79 Å². The molecule has 0 unspecified atom stereocenters.